The number of benzene rings is 1. The Morgan fingerprint density at radius 3 is 3.00 bits per heavy atom. The molecule has 0 amide bonds. The Labute approximate surface area is 81.8 Å². The van der Waals surface area contributed by atoms with Crippen molar-refractivity contribution in [1.29, 1.82) is 0 Å². The molecule has 4 heteroatoms. The molecule has 0 saturated carbocycles. The molecule has 2 rings (SSSR count). The Morgan fingerprint density at radius 1 is 1.50 bits per heavy atom. The Balaban J connectivity index is 2.37. The fraction of sp³-hybridized carbons (Fsp3) is 0.300. The van der Waals surface area contributed by atoms with Crippen molar-refractivity contribution in [1.82, 2.24) is 0 Å². The minimum atomic E-state index is -0.257. The average molecular weight is 192 g/mol. The Bertz CT molecular complexity index is 376. The van der Waals surface area contributed by atoms with E-state index in [2.05, 4.69) is 0 Å². The molecule has 0 bridgehead atoms. The van der Waals surface area contributed by atoms with Crippen LogP contribution in [-0.2, 0) is 11.3 Å². The standard InChI is InChI=1S/C10H12N2O2/c11-4-9(12)6-1-2-8-7(3-6)5-14-10(8)13/h1-3,9H,4-5,11-12H2/t9-/m0/s1. The summed E-state index contributed by atoms with van der Waals surface area (Å²) in [6.45, 7) is 0.743. The highest BCUT2D eigenvalue weighted by Crippen LogP contribution is 2.22. The Hall–Kier alpha value is -1.39. The van der Waals surface area contributed by atoms with Gasteiger partial charge in [-0.2, -0.15) is 0 Å². The van der Waals surface area contributed by atoms with E-state index in [1.54, 1.807) is 6.07 Å². The molecule has 0 aliphatic carbocycles. The number of nitrogens with two attached hydrogens (primary N) is 2. The number of esters is 1. The summed E-state index contributed by atoms with van der Waals surface area (Å²) in [4.78, 5) is 11.1. The number of fused-ring (bicyclic) bond motifs is 1. The highest BCUT2D eigenvalue weighted by molar-refractivity contribution is 5.93. The van der Waals surface area contributed by atoms with Crippen LogP contribution < -0.4 is 11.5 Å². The number of carbonyl (C=O) groups excluding carboxylic acids is 1. The molecule has 0 fully saturated rings. The number of ether oxygens (including phenoxy) is 1. The largest absolute Gasteiger partial charge is 0.457 e. The second kappa shape index (κ2) is 3.40. The maximum atomic E-state index is 11.1. The van der Waals surface area contributed by atoms with Gasteiger partial charge in [-0.1, -0.05) is 6.07 Å². The zero-order valence-corrected chi connectivity index (χ0v) is 7.69. The lowest BCUT2D eigenvalue weighted by molar-refractivity contribution is 0.0535. The van der Waals surface area contributed by atoms with Gasteiger partial charge in [0, 0.05) is 18.2 Å². The number of carbonyl (C=O) groups is 1. The maximum absolute atomic E-state index is 11.1. The minimum absolute atomic E-state index is 0.170. The van der Waals surface area contributed by atoms with E-state index in [1.165, 1.54) is 0 Å². The number of hydrogen-bond donors (Lipinski definition) is 2. The molecule has 0 unspecified atom stereocenters. The zero-order chi connectivity index (χ0) is 10.1. The number of rotatable bonds is 2. The molecule has 1 atom stereocenters. The smallest absolute Gasteiger partial charge is 0.338 e. The summed E-state index contributed by atoms with van der Waals surface area (Å²) >= 11 is 0. The third kappa shape index (κ3) is 1.38. The molecule has 1 aliphatic rings. The van der Waals surface area contributed by atoms with Crippen molar-refractivity contribution in [3.8, 4) is 0 Å². The normalized spacial score (nSPS) is 16.3. The summed E-state index contributed by atoms with van der Waals surface area (Å²) in [6, 6.07) is 5.28. The van der Waals surface area contributed by atoms with Crippen molar-refractivity contribution in [2.75, 3.05) is 6.54 Å². The fourth-order valence-corrected chi connectivity index (χ4v) is 1.52. The second-order valence-electron chi connectivity index (χ2n) is 3.33. The van der Waals surface area contributed by atoms with Crippen LogP contribution in [0.5, 0.6) is 0 Å². The molecule has 1 aromatic carbocycles. The van der Waals surface area contributed by atoms with Gasteiger partial charge in [0.2, 0.25) is 0 Å². The van der Waals surface area contributed by atoms with Crippen molar-refractivity contribution in [3.63, 3.8) is 0 Å². The summed E-state index contributed by atoms with van der Waals surface area (Å²) in [5.41, 5.74) is 13.7. The van der Waals surface area contributed by atoms with Gasteiger partial charge in [-0.25, -0.2) is 4.79 Å². The first-order valence-electron chi connectivity index (χ1n) is 4.48. The van der Waals surface area contributed by atoms with Crippen molar-refractivity contribution < 1.29 is 9.53 Å². The third-order valence-corrected chi connectivity index (χ3v) is 2.39. The molecule has 1 aliphatic heterocycles. The predicted molar refractivity (Wildman–Crippen MR) is 51.5 cm³/mol. The van der Waals surface area contributed by atoms with Crippen LogP contribution in [0.2, 0.25) is 0 Å². The fourth-order valence-electron chi connectivity index (χ4n) is 1.52. The molecule has 4 N–H and O–H groups in total. The van der Waals surface area contributed by atoms with Crippen LogP contribution in [0.4, 0.5) is 0 Å². The average Bonchev–Trinajstić information content (AvgIpc) is 2.59. The maximum Gasteiger partial charge on any atom is 0.338 e. The van der Waals surface area contributed by atoms with E-state index < -0.39 is 0 Å². The van der Waals surface area contributed by atoms with E-state index >= 15 is 0 Å². The molecular weight excluding hydrogens is 180 g/mol. The first-order chi connectivity index (χ1) is 6.72. The lowest BCUT2D eigenvalue weighted by atomic mass is 10.0. The predicted octanol–water partition coefficient (Wildman–Crippen LogP) is 0.315. The highest BCUT2D eigenvalue weighted by Gasteiger charge is 2.21. The first kappa shape index (κ1) is 9.18. The Morgan fingerprint density at radius 2 is 2.29 bits per heavy atom. The van der Waals surface area contributed by atoms with E-state index in [1.807, 2.05) is 12.1 Å². The lowest BCUT2D eigenvalue weighted by Gasteiger charge is -2.09. The van der Waals surface area contributed by atoms with Gasteiger partial charge in [0.05, 0.1) is 5.56 Å². The molecule has 14 heavy (non-hydrogen) atoms. The van der Waals surface area contributed by atoms with Gasteiger partial charge >= 0.3 is 5.97 Å². The SMILES string of the molecule is NC[C@H](N)c1ccc2c(c1)COC2=O. The van der Waals surface area contributed by atoms with Crippen molar-refractivity contribution in [3.05, 3.63) is 34.9 Å². The summed E-state index contributed by atoms with van der Waals surface area (Å²) in [6.07, 6.45) is 0. The zero-order valence-electron chi connectivity index (χ0n) is 7.69. The van der Waals surface area contributed by atoms with Gasteiger partial charge in [0.25, 0.3) is 0 Å². The third-order valence-electron chi connectivity index (χ3n) is 2.39. The molecule has 0 saturated heterocycles. The number of hydrogen-bond acceptors (Lipinski definition) is 4. The summed E-state index contributed by atoms with van der Waals surface area (Å²) in [7, 11) is 0. The quantitative estimate of drug-likeness (QED) is 0.661. The van der Waals surface area contributed by atoms with Gasteiger partial charge in [-0.05, 0) is 17.7 Å². The van der Waals surface area contributed by atoms with Gasteiger partial charge < -0.3 is 16.2 Å². The van der Waals surface area contributed by atoms with Crippen LogP contribution in [0.1, 0.15) is 27.5 Å². The van der Waals surface area contributed by atoms with Gasteiger partial charge in [-0.3, -0.25) is 0 Å². The molecule has 4 nitrogen and oxygen atoms in total. The summed E-state index contributed by atoms with van der Waals surface area (Å²) in [5, 5.41) is 0. The van der Waals surface area contributed by atoms with Gasteiger partial charge in [0.15, 0.2) is 0 Å². The molecular formula is C10H12N2O2. The number of cyclic esters (lactones) is 1. The molecule has 0 radical (unpaired) electrons. The van der Waals surface area contributed by atoms with Crippen molar-refractivity contribution in [2.45, 2.75) is 12.6 Å². The van der Waals surface area contributed by atoms with Crippen LogP contribution in [0.3, 0.4) is 0 Å². The van der Waals surface area contributed by atoms with Gasteiger partial charge in [-0.15, -0.1) is 0 Å². The van der Waals surface area contributed by atoms with E-state index in [9.17, 15) is 4.79 Å². The van der Waals surface area contributed by atoms with Crippen LogP contribution in [0.15, 0.2) is 18.2 Å². The molecule has 0 aromatic heterocycles. The van der Waals surface area contributed by atoms with Crippen LogP contribution in [0, 0.1) is 0 Å². The molecule has 1 aromatic rings. The second-order valence-corrected chi connectivity index (χ2v) is 3.33. The van der Waals surface area contributed by atoms with Crippen LogP contribution >= 0.6 is 0 Å². The van der Waals surface area contributed by atoms with Gasteiger partial charge in [0.1, 0.15) is 6.61 Å². The monoisotopic (exact) mass is 192 g/mol. The van der Waals surface area contributed by atoms with E-state index in [-0.39, 0.29) is 12.0 Å². The summed E-state index contributed by atoms with van der Waals surface area (Å²) < 4.78 is 4.88. The molecule has 1 heterocycles. The topological polar surface area (TPSA) is 78.3 Å². The lowest BCUT2D eigenvalue weighted by Crippen LogP contribution is -2.20. The Kier molecular flexibility index (Phi) is 2.23. The molecule has 74 valence electrons. The van der Waals surface area contributed by atoms with E-state index in [0.29, 0.717) is 18.7 Å². The van der Waals surface area contributed by atoms with Crippen molar-refractivity contribution >= 4 is 5.97 Å². The highest BCUT2D eigenvalue weighted by atomic mass is 16.5. The van der Waals surface area contributed by atoms with Crippen LogP contribution in [0.25, 0.3) is 0 Å². The van der Waals surface area contributed by atoms with Crippen molar-refractivity contribution in [2.24, 2.45) is 11.5 Å². The van der Waals surface area contributed by atoms with Crippen LogP contribution in [-0.4, -0.2) is 12.5 Å². The summed E-state index contributed by atoms with van der Waals surface area (Å²) in [5.74, 6) is -0.257. The molecule has 0 spiro atoms. The first-order valence-corrected chi connectivity index (χ1v) is 4.48. The van der Waals surface area contributed by atoms with E-state index in [0.717, 1.165) is 11.1 Å². The minimum Gasteiger partial charge on any atom is -0.457 e. The van der Waals surface area contributed by atoms with E-state index in [4.69, 9.17) is 16.2 Å².